The third-order valence-electron chi connectivity index (χ3n) is 7.85. The molecule has 4 saturated carbocycles. The van der Waals surface area contributed by atoms with E-state index in [0.29, 0.717) is 31.7 Å². The number of hydrogen-bond donors (Lipinski definition) is 2. The summed E-state index contributed by atoms with van der Waals surface area (Å²) in [5.41, 5.74) is 4.45. The average molecular weight is 452 g/mol. The zero-order chi connectivity index (χ0) is 22.7. The van der Waals surface area contributed by atoms with Gasteiger partial charge in [0.15, 0.2) is 0 Å². The summed E-state index contributed by atoms with van der Waals surface area (Å²) < 4.78 is 45.6. The highest BCUT2D eigenvalue weighted by molar-refractivity contribution is 5.81. The molecule has 4 aliphatic carbocycles. The highest BCUT2D eigenvalue weighted by Crippen LogP contribution is 2.60. The highest BCUT2D eigenvalue weighted by atomic mass is 19.4. The predicted octanol–water partition coefficient (Wildman–Crippen LogP) is 3.40. The summed E-state index contributed by atoms with van der Waals surface area (Å²) in [4.78, 5) is 30.3. The largest absolute Gasteiger partial charge is 0.446 e. The second-order valence-corrected chi connectivity index (χ2v) is 9.94. The van der Waals surface area contributed by atoms with Gasteiger partial charge in [-0.3, -0.25) is 4.79 Å². The molecule has 10 heteroatoms. The molecule has 4 bridgehead atoms. The Bertz CT molecular complexity index is 908. The monoisotopic (exact) mass is 452 g/mol. The van der Waals surface area contributed by atoms with Gasteiger partial charge in [0, 0.05) is 25.3 Å². The molecule has 1 aliphatic heterocycles. The Kier molecular flexibility index (Phi) is 5.01. The number of amides is 2. The fourth-order valence-electron chi connectivity index (χ4n) is 6.65. The Morgan fingerprint density at radius 1 is 1.22 bits per heavy atom. The van der Waals surface area contributed by atoms with Gasteiger partial charge in [-0.05, 0) is 68.4 Å². The van der Waals surface area contributed by atoms with Crippen LogP contribution in [0.3, 0.4) is 0 Å². The number of ether oxygens (including phenoxy) is 1. The van der Waals surface area contributed by atoms with Crippen LogP contribution in [0.5, 0.6) is 0 Å². The summed E-state index contributed by atoms with van der Waals surface area (Å²) in [6.07, 6.45) is 0.772. The zero-order valence-corrected chi connectivity index (χ0v) is 17.6. The number of nitrogens with zero attached hydrogens (tertiary/aromatic N) is 2. The molecule has 1 saturated heterocycles. The number of likely N-dealkylation sites (tertiary alicyclic amines) is 1. The van der Waals surface area contributed by atoms with Crippen LogP contribution < -0.4 is 11.1 Å². The van der Waals surface area contributed by atoms with Gasteiger partial charge >= 0.3 is 12.3 Å². The molecule has 5 fully saturated rings. The number of carbonyl (C=O) groups excluding carboxylic acids is 2. The van der Waals surface area contributed by atoms with Gasteiger partial charge in [0.1, 0.15) is 11.9 Å². The second-order valence-electron chi connectivity index (χ2n) is 9.94. The van der Waals surface area contributed by atoms with Crippen LogP contribution in [0, 0.1) is 23.2 Å². The smallest absolute Gasteiger partial charge is 0.419 e. The summed E-state index contributed by atoms with van der Waals surface area (Å²) in [6.45, 7) is 0.656. The van der Waals surface area contributed by atoms with E-state index >= 15 is 0 Å². The van der Waals surface area contributed by atoms with Crippen LogP contribution in [-0.4, -0.2) is 47.1 Å². The summed E-state index contributed by atoms with van der Waals surface area (Å²) >= 11 is 0. The van der Waals surface area contributed by atoms with Gasteiger partial charge in [-0.2, -0.15) is 13.2 Å². The quantitative estimate of drug-likeness (QED) is 0.730. The van der Waals surface area contributed by atoms with Crippen LogP contribution in [-0.2, 0) is 15.7 Å². The van der Waals surface area contributed by atoms with Crippen molar-refractivity contribution in [3.8, 4) is 0 Å². The lowest BCUT2D eigenvalue weighted by Gasteiger charge is -2.58. The average Bonchev–Trinajstić information content (AvgIpc) is 3.18. The topological polar surface area (TPSA) is 97.6 Å². The van der Waals surface area contributed by atoms with Gasteiger partial charge in [-0.15, -0.1) is 0 Å². The first-order chi connectivity index (χ1) is 15.1. The van der Waals surface area contributed by atoms with E-state index in [1.54, 1.807) is 4.90 Å². The van der Waals surface area contributed by atoms with Crippen molar-refractivity contribution in [1.82, 2.24) is 9.88 Å². The minimum absolute atomic E-state index is 0.150. The Balaban J connectivity index is 1.20. The molecule has 1 aromatic heterocycles. The van der Waals surface area contributed by atoms with E-state index in [9.17, 15) is 22.8 Å². The molecule has 174 valence electrons. The zero-order valence-electron chi connectivity index (χ0n) is 17.6. The highest BCUT2D eigenvalue weighted by Gasteiger charge is 2.59. The first-order valence-corrected chi connectivity index (χ1v) is 11.2. The molecule has 3 atom stereocenters. The Morgan fingerprint density at radius 2 is 1.94 bits per heavy atom. The molecule has 32 heavy (non-hydrogen) atoms. The Morgan fingerprint density at radius 3 is 2.59 bits per heavy atom. The number of anilines is 1. The van der Waals surface area contributed by atoms with Gasteiger partial charge in [0.05, 0.1) is 11.0 Å². The van der Waals surface area contributed by atoms with Crippen LogP contribution in [0.2, 0.25) is 0 Å². The van der Waals surface area contributed by atoms with Crippen LogP contribution in [0.15, 0.2) is 18.3 Å². The molecule has 2 heterocycles. The van der Waals surface area contributed by atoms with Crippen LogP contribution in [0.25, 0.3) is 0 Å². The first-order valence-electron chi connectivity index (χ1n) is 11.2. The van der Waals surface area contributed by atoms with Crippen LogP contribution in [0.1, 0.15) is 44.1 Å². The molecule has 3 N–H and O–H groups in total. The van der Waals surface area contributed by atoms with Gasteiger partial charge in [-0.1, -0.05) is 0 Å². The van der Waals surface area contributed by atoms with Crippen molar-refractivity contribution >= 4 is 17.8 Å². The van der Waals surface area contributed by atoms with E-state index in [4.69, 9.17) is 10.5 Å². The number of primary amides is 1. The van der Waals surface area contributed by atoms with Crippen molar-refractivity contribution in [3.63, 3.8) is 0 Å². The van der Waals surface area contributed by atoms with Crippen LogP contribution >= 0.6 is 0 Å². The van der Waals surface area contributed by atoms with E-state index < -0.39 is 23.2 Å². The number of rotatable bonds is 4. The van der Waals surface area contributed by atoms with Crippen molar-refractivity contribution in [2.24, 2.45) is 28.9 Å². The van der Waals surface area contributed by atoms with E-state index in [-0.39, 0.29) is 42.3 Å². The lowest BCUT2D eigenvalue weighted by Crippen LogP contribution is -2.59. The molecule has 6 rings (SSSR count). The minimum Gasteiger partial charge on any atom is -0.446 e. The normalized spacial score (nSPS) is 35.7. The molecule has 2 unspecified atom stereocenters. The van der Waals surface area contributed by atoms with Crippen molar-refractivity contribution in [2.75, 3.05) is 18.4 Å². The van der Waals surface area contributed by atoms with E-state index in [1.165, 1.54) is 12.3 Å². The number of pyridine rings is 1. The fraction of sp³-hybridized carbons (Fsp3) is 0.682. The third kappa shape index (κ3) is 3.67. The number of halogens is 3. The van der Waals surface area contributed by atoms with Gasteiger partial charge in [0.2, 0.25) is 5.91 Å². The van der Waals surface area contributed by atoms with E-state index in [0.717, 1.165) is 25.3 Å². The second kappa shape index (κ2) is 7.52. The number of carbonyl (C=O) groups is 2. The minimum atomic E-state index is -4.50. The molecule has 2 amide bonds. The van der Waals surface area contributed by atoms with Gasteiger partial charge in [-0.25, -0.2) is 9.78 Å². The standard InChI is InChI=1S/C22H27F3N4O3/c23-22(24,25)16-2-1-4-27-18(16)28-15-3-5-29(11-15)20(31)32-17-13-6-12-7-14(17)10-21(8-12,9-13)19(26)30/h1-2,4,12-15,17H,3,5-11H2,(H2,26,30)(H,27,28)/t12?,13?,14?,15-,17-,21-/m0/s1. The van der Waals surface area contributed by atoms with Crippen molar-refractivity contribution in [1.29, 1.82) is 0 Å². The predicted molar refractivity (Wildman–Crippen MR) is 108 cm³/mol. The maximum absolute atomic E-state index is 13.2. The van der Waals surface area contributed by atoms with E-state index in [2.05, 4.69) is 10.3 Å². The fourth-order valence-corrected chi connectivity index (χ4v) is 6.65. The number of alkyl halides is 3. The lowest BCUT2D eigenvalue weighted by atomic mass is 9.48. The Hall–Kier alpha value is -2.52. The molecular formula is C22H27F3N4O3. The van der Waals surface area contributed by atoms with Crippen molar-refractivity contribution in [2.45, 2.75) is 56.8 Å². The SMILES string of the molecule is NC(=O)[C@]12CC3CC(C1)[C@@H](OC(=O)N1CC[C@H](Nc4ncccc4C(F)(F)F)C1)C(C3)C2. The first kappa shape index (κ1) is 21.3. The van der Waals surface area contributed by atoms with E-state index in [1.807, 2.05) is 0 Å². The molecule has 1 aromatic rings. The number of nitrogens with two attached hydrogens (primary N) is 1. The summed E-state index contributed by atoms with van der Waals surface area (Å²) in [5, 5.41) is 2.84. The lowest BCUT2D eigenvalue weighted by molar-refractivity contribution is -0.161. The van der Waals surface area contributed by atoms with Gasteiger partial charge < -0.3 is 20.7 Å². The van der Waals surface area contributed by atoms with Crippen LogP contribution in [0.4, 0.5) is 23.8 Å². The molecular weight excluding hydrogens is 425 g/mol. The van der Waals surface area contributed by atoms with Crippen molar-refractivity contribution < 1.29 is 27.5 Å². The number of hydrogen-bond acceptors (Lipinski definition) is 5. The summed E-state index contributed by atoms with van der Waals surface area (Å²) in [7, 11) is 0. The maximum atomic E-state index is 13.2. The molecule has 5 aliphatic rings. The Labute approximate surface area is 183 Å². The number of aromatic nitrogens is 1. The number of nitrogens with one attached hydrogen (secondary N) is 1. The summed E-state index contributed by atoms with van der Waals surface area (Å²) in [6, 6.07) is 1.90. The molecule has 0 spiro atoms. The molecule has 7 nitrogen and oxygen atoms in total. The van der Waals surface area contributed by atoms with Gasteiger partial charge in [0.25, 0.3) is 0 Å². The van der Waals surface area contributed by atoms with Crippen molar-refractivity contribution in [3.05, 3.63) is 23.9 Å². The summed E-state index contributed by atoms with van der Waals surface area (Å²) in [5.74, 6) is 0.312. The maximum Gasteiger partial charge on any atom is 0.419 e. The molecule has 0 aromatic carbocycles. The third-order valence-corrected chi connectivity index (χ3v) is 7.85. The molecule has 0 radical (unpaired) electrons.